The second kappa shape index (κ2) is 19.0. The Bertz CT molecular complexity index is 1120. The second-order valence-corrected chi connectivity index (χ2v) is 8.56. The highest BCUT2D eigenvalue weighted by Crippen LogP contribution is 2.22. The molecule has 4 amide bonds. The molecule has 0 bridgehead atoms. The van der Waals surface area contributed by atoms with Crippen molar-refractivity contribution >= 4 is 29.3 Å². The Morgan fingerprint density at radius 3 is 1.83 bits per heavy atom. The number of amides is 4. The maximum Gasteiger partial charge on any atom is 0.258 e. The van der Waals surface area contributed by atoms with E-state index in [0.29, 0.717) is 50.2 Å². The number of nitrogens with zero attached hydrogens (tertiary/aromatic N) is 2. The highest BCUT2D eigenvalue weighted by molar-refractivity contribution is 6.28. The summed E-state index contributed by atoms with van der Waals surface area (Å²) in [6.45, 7) is 11.6. The minimum Gasteiger partial charge on any atom is -0.491 e. The second-order valence-electron chi connectivity index (χ2n) is 8.56. The lowest BCUT2D eigenvalue weighted by Gasteiger charge is -2.14. The van der Waals surface area contributed by atoms with E-state index in [9.17, 15) is 19.2 Å². The third-order valence-corrected chi connectivity index (χ3v) is 5.33. The van der Waals surface area contributed by atoms with E-state index in [1.54, 1.807) is 42.5 Å². The van der Waals surface area contributed by atoms with Crippen LogP contribution in [-0.4, -0.2) is 74.8 Å². The van der Waals surface area contributed by atoms with Gasteiger partial charge in [0.2, 0.25) is 0 Å². The lowest BCUT2D eigenvalue weighted by molar-refractivity contribution is -0.134. The third-order valence-electron chi connectivity index (χ3n) is 5.33. The van der Waals surface area contributed by atoms with Gasteiger partial charge in [-0.15, -0.1) is 0 Å². The predicted molar refractivity (Wildman–Crippen MR) is 155 cm³/mol. The van der Waals surface area contributed by atoms with Gasteiger partial charge in [-0.05, 0) is 49.3 Å². The van der Waals surface area contributed by atoms with Gasteiger partial charge >= 0.3 is 0 Å². The summed E-state index contributed by atoms with van der Waals surface area (Å²) >= 11 is 0. The molecule has 0 aromatic heterocycles. The molecular weight excluding hydrogens is 528 g/mol. The van der Waals surface area contributed by atoms with Gasteiger partial charge in [-0.3, -0.25) is 19.2 Å². The van der Waals surface area contributed by atoms with Gasteiger partial charge in [0.25, 0.3) is 23.6 Å². The van der Waals surface area contributed by atoms with E-state index in [1.165, 1.54) is 30.4 Å². The molecule has 0 saturated heterocycles. The number of carbonyl (C=O) groups excluding carboxylic acids is 4. The monoisotopic (exact) mass is 566 g/mol. The fraction of sp³-hybridized carbons (Fsp3) is 0.355. The van der Waals surface area contributed by atoms with E-state index >= 15 is 0 Å². The largest absolute Gasteiger partial charge is 0.491 e. The van der Waals surface area contributed by atoms with Crippen LogP contribution >= 0.6 is 0 Å². The minimum atomic E-state index is -0.355. The van der Waals surface area contributed by atoms with Crippen LogP contribution in [0, 0.1) is 0 Å². The van der Waals surface area contributed by atoms with E-state index in [-0.39, 0.29) is 23.6 Å². The van der Waals surface area contributed by atoms with Crippen LogP contribution in [0.25, 0.3) is 0 Å². The van der Waals surface area contributed by atoms with Crippen molar-refractivity contribution in [3.63, 3.8) is 0 Å². The molecule has 0 aliphatic carbocycles. The molecule has 10 heteroatoms. The summed E-state index contributed by atoms with van der Waals surface area (Å²) in [4.78, 5) is 48.4. The van der Waals surface area contributed by atoms with Crippen LogP contribution in [0.1, 0.15) is 26.7 Å². The number of hydrogen-bond acceptors (Lipinski definition) is 8. The fourth-order valence-electron chi connectivity index (χ4n) is 3.48. The summed E-state index contributed by atoms with van der Waals surface area (Å²) in [7, 11) is 0. The van der Waals surface area contributed by atoms with Gasteiger partial charge in [-0.25, -0.2) is 9.80 Å². The number of rotatable bonds is 17. The number of allylic oxidation sites excluding steroid dienone is 3. The Labute approximate surface area is 241 Å². The summed E-state index contributed by atoms with van der Waals surface area (Å²) in [5.41, 5.74) is 1.01. The third kappa shape index (κ3) is 11.5. The van der Waals surface area contributed by atoms with Crippen LogP contribution in [-0.2, 0) is 33.4 Å². The summed E-state index contributed by atoms with van der Waals surface area (Å²) < 4.78 is 21.4. The van der Waals surface area contributed by atoms with Crippen LogP contribution in [0.2, 0.25) is 0 Å². The van der Waals surface area contributed by atoms with Crippen LogP contribution in [0.15, 0.2) is 85.1 Å². The molecule has 0 N–H and O–H groups in total. The lowest BCUT2D eigenvalue weighted by Crippen LogP contribution is -2.29. The summed E-state index contributed by atoms with van der Waals surface area (Å²) in [6, 6.07) is 6.83. The first-order valence-corrected chi connectivity index (χ1v) is 13.5. The van der Waals surface area contributed by atoms with Crippen LogP contribution in [0.3, 0.4) is 0 Å². The Balaban J connectivity index is 0.000000287. The SMILES string of the molecule is C=C/C=C(\C=C/COCCOCCC)N1C(=O)C=CC1=O.CCCOCCOc1ccc(N2C(=O)C=CC2=O)cc1. The molecule has 0 spiro atoms. The summed E-state index contributed by atoms with van der Waals surface area (Å²) in [5, 5.41) is 0. The molecule has 0 saturated carbocycles. The van der Waals surface area contributed by atoms with Crippen molar-refractivity contribution < 1.29 is 38.1 Å². The van der Waals surface area contributed by atoms with Gasteiger partial charge in [0.05, 0.1) is 37.8 Å². The zero-order chi connectivity index (χ0) is 29.9. The Morgan fingerprint density at radius 1 is 0.732 bits per heavy atom. The van der Waals surface area contributed by atoms with Gasteiger partial charge in [0.15, 0.2) is 0 Å². The zero-order valence-electron chi connectivity index (χ0n) is 23.7. The predicted octanol–water partition coefficient (Wildman–Crippen LogP) is 3.90. The normalized spacial score (nSPS) is 14.8. The number of benzene rings is 1. The van der Waals surface area contributed by atoms with Gasteiger partial charge in [-0.2, -0.15) is 0 Å². The van der Waals surface area contributed by atoms with E-state index in [2.05, 4.69) is 13.5 Å². The van der Waals surface area contributed by atoms with Crippen molar-refractivity contribution in [2.45, 2.75) is 26.7 Å². The molecule has 0 fully saturated rings. The number of anilines is 1. The average Bonchev–Trinajstić information content (AvgIpc) is 3.49. The molecule has 10 nitrogen and oxygen atoms in total. The molecule has 1 aromatic rings. The Morgan fingerprint density at radius 2 is 1.27 bits per heavy atom. The molecule has 220 valence electrons. The molecule has 3 rings (SSSR count). The topological polar surface area (TPSA) is 112 Å². The minimum absolute atomic E-state index is 0.323. The van der Waals surface area contributed by atoms with Crippen molar-refractivity contribution in [1.82, 2.24) is 4.90 Å². The van der Waals surface area contributed by atoms with Gasteiger partial charge in [-0.1, -0.05) is 32.6 Å². The Hall–Kier alpha value is -4.12. The summed E-state index contributed by atoms with van der Waals surface area (Å²) in [6.07, 6.45) is 13.5. The standard InChI is InChI=1S/C16H21NO4.C15H17NO4/c1-3-6-14(17-15(18)8-9-16(17)19)7-5-11-21-13-12-20-10-4-2;1-2-9-19-10-11-20-13-5-3-12(4-6-13)16-14(17)7-8-15(16)18/h3,5-9H,1,4,10-13H2,2H3;3-8H,2,9-11H2,1H3/b7-5-,14-6+;. The maximum absolute atomic E-state index is 11.6. The number of hydrogen-bond donors (Lipinski definition) is 0. The molecule has 0 atom stereocenters. The molecule has 0 unspecified atom stereocenters. The van der Waals surface area contributed by atoms with Gasteiger partial charge in [0, 0.05) is 37.5 Å². The first-order chi connectivity index (χ1) is 19.9. The average molecular weight is 567 g/mol. The van der Waals surface area contributed by atoms with Crippen LogP contribution in [0.4, 0.5) is 5.69 Å². The van der Waals surface area contributed by atoms with Crippen LogP contribution in [0.5, 0.6) is 5.75 Å². The smallest absolute Gasteiger partial charge is 0.258 e. The first kappa shape index (κ1) is 33.1. The maximum atomic E-state index is 11.6. The van der Waals surface area contributed by atoms with Crippen LogP contribution < -0.4 is 9.64 Å². The van der Waals surface area contributed by atoms with Gasteiger partial charge < -0.3 is 18.9 Å². The zero-order valence-corrected chi connectivity index (χ0v) is 23.7. The van der Waals surface area contributed by atoms with Gasteiger partial charge in [0.1, 0.15) is 12.4 Å². The first-order valence-electron chi connectivity index (χ1n) is 13.5. The highest BCUT2D eigenvalue weighted by atomic mass is 16.5. The van der Waals surface area contributed by atoms with Crippen molar-refractivity contribution in [3.05, 3.63) is 85.1 Å². The molecule has 41 heavy (non-hydrogen) atoms. The van der Waals surface area contributed by atoms with Crippen molar-refractivity contribution in [2.24, 2.45) is 0 Å². The molecule has 1 aromatic carbocycles. The molecular formula is C31H38N2O8. The molecule has 0 radical (unpaired) electrons. The molecule has 2 heterocycles. The summed E-state index contributed by atoms with van der Waals surface area (Å²) in [5.74, 6) is -0.674. The highest BCUT2D eigenvalue weighted by Gasteiger charge is 2.26. The fourth-order valence-corrected chi connectivity index (χ4v) is 3.48. The van der Waals surface area contributed by atoms with Crippen molar-refractivity contribution in [1.29, 1.82) is 0 Å². The number of imide groups is 2. The molecule has 2 aliphatic heterocycles. The number of ether oxygens (including phenoxy) is 4. The van der Waals surface area contributed by atoms with Crippen molar-refractivity contribution in [3.8, 4) is 5.75 Å². The molecule has 2 aliphatic rings. The van der Waals surface area contributed by atoms with Crippen molar-refractivity contribution in [2.75, 3.05) is 51.1 Å². The lowest BCUT2D eigenvalue weighted by atomic mass is 10.3. The quantitative estimate of drug-likeness (QED) is 0.159. The van der Waals surface area contributed by atoms with E-state index < -0.39 is 0 Å². The van der Waals surface area contributed by atoms with E-state index in [1.807, 2.05) is 6.92 Å². The van der Waals surface area contributed by atoms with E-state index in [0.717, 1.165) is 35.9 Å². The Kier molecular flexibility index (Phi) is 15.4. The van der Waals surface area contributed by atoms with E-state index in [4.69, 9.17) is 18.9 Å². The number of carbonyl (C=O) groups is 4.